The van der Waals surface area contributed by atoms with Gasteiger partial charge in [-0.3, -0.25) is 4.79 Å². The molecule has 0 fully saturated rings. The highest BCUT2D eigenvalue weighted by Gasteiger charge is 2.19. The van der Waals surface area contributed by atoms with Crippen molar-refractivity contribution in [2.45, 2.75) is 20.0 Å². The zero-order chi connectivity index (χ0) is 16.9. The minimum Gasteiger partial charge on any atom is -0.467 e. The summed E-state index contributed by atoms with van der Waals surface area (Å²) in [7, 11) is 0. The minimum absolute atomic E-state index is 0.0144. The number of amides is 1. The Labute approximate surface area is 146 Å². The number of rotatable bonds is 5. The Morgan fingerprint density at radius 2 is 1.75 bits per heavy atom. The maximum absolute atomic E-state index is 13.0. The number of aryl methyl sites for hydroxylation is 1. The van der Waals surface area contributed by atoms with E-state index in [2.05, 4.69) is 0 Å². The molecule has 3 nitrogen and oxygen atoms in total. The number of halogens is 1. The lowest BCUT2D eigenvalue weighted by molar-refractivity contribution is 0.0717. The maximum Gasteiger partial charge on any atom is 0.254 e. The molecule has 0 saturated heterocycles. The molecule has 0 atom stereocenters. The van der Waals surface area contributed by atoms with Gasteiger partial charge < -0.3 is 9.32 Å². The van der Waals surface area contributed by atoms with Gasteiger partial charge in [-0.1, -0.05) is 41.9 Å². The molecule has 24 heavy (non-hydrogen) atoms. The first-order valence-electron chi connectivity index (χ1n) is 7.75. The highest BCUT2D eigenvalue weighted by atomic mass is 35.5. The summed E-state index contributed by atoms with van der Waals surface area (Å²) in [6.07, 6.45) is 1.62. The normalized spacial score (nSPS) is 10.6. The third kappa shape index (κ3) is 3.87. The topological polar surface area (TPSA) is 33.5 Å². The van der Waals surface area contributed by atoms with Crippen LogP contribution in [-0.2, 0) is 13.1 Å². The summed E-state index contributed by atoms with van der Waals surface area (Å²) < 4.78 is 5.42. The highest BCUT2D eigenvalue weighted by molar-refractivity contribution is 6.30. The van der Waals surface area contributed by atoms with Gasteiger partial charge >= 0.3 is 0 Å². The van der Waals surface area contributed by atoms with Crippen molar-refractivity contribution in [3.63, 3.8) is 0 Å². The third-order valence-corrected chi connectivity index (χ3v) is 4.13. The molecule has 3 rings (SSSR count). The van der Waals surface area contributed by atoms with E-state index >= 15 is 0 Å². The molecule has 1 amide bonds. The van der Waals surface area contributed by atoms with Crippen molar-refractivity contribution in [2.24, 2.45) is 0 Å². The Morgan fingerprint density at radius 3 is 2.42 bits per heavy atom. The van der Waals surface area contributed by atoms with Crippen molar-refractivity contribution in [2.75, 3.05) is 0 Å². The zero-order valence-corrected chi connectivity index (χ0v) is 14.2. The van der Waals surface area contributed by atoms with Gasteiger partial charge in [0.1, 0.15) is 5.76 Å². The molecule has 0 radical (unpaired) electrons. The summed E-state index contributed by atoms with van der Waals surface area (Å²) in [6.45, 7) is 2.86. The van der Waals surface area contributed by atoms with Gasteiger partial charge in [-0.05, 0) is 48.4 Å². The van der Waals surface area contributed by atoms with Crippen LogP contribution < -0.4 is 0 Å². The lowest BCUT2D eigenvalue weighted by atomic mass is 10.1. The van der Waals surface area contributed by atoms with E-state index in [0.29, 0.717) is 23.7 Å². The van der Waals surface area contributed by atoms with E-state index in [4.69, 9.17) is 16.0 Å². The molecular weight excluding hydrogens is 322 g/mol. The van der Waals surface area contributed by atoms with Crippen LogP contribution in [0.15, 0.2) is 71.3 Å². The second kappa shape index (κ2) is 7.37. The van der Waals surface area contributed by atoms with Crippen LogP contribution in [0.3, 0.4) is 0 Å². The number of carbonyl (C=O) groups is 1. The SMILES string of the molecule is Cc1ccccc1C(=O)N(Cc1ccc(Cl)cc1)Cc1ccco1. The summed E-state index contributed by atoms with van der Waals surface area (Å²) in [5, 5.41) is 0.682. The zero-order valence-electron chi connectivity index (χ0n) is 13.4. The van der Waals surface area contributed by atoms with Crippen molar-refractivity contribution in [1.29, 1.82) is 0 Å². The van der Waals surface area contributed by atoms with Crippen molar-refractivity contribution >= 4 is 17.5 Å². The fourth-order valence-electron chi connectivity index (χ4n) is 2.58. The van der Waals surface area contributed by atoms with Gasteiger partial charge in [0.05, 0.1) is 12.8 Å². The van der Waals surface area contributed by atoms with Gasteiger partial charge in [0, 0.05) is 17.1 Å². The van der Waals surface area contributed by atoms with Gasteiger partial charge in [-0.25, -0.2) is 0 Å². The molecule has 1 heterocycles. The molecule has 0 bridgehead atoms. The molecule has 0 unspecified atom stereocenters. The molecule has 0 N–H and O–H groups in total. The van der Waals surface area contributed by atoms with Crippen molar-refractivity contribution in [1.82, 2.24) is 4.90 Å². The summed E-state index contributed by atoms with van der Waals surface area (Å²) in [5.41, 5.74) is 2.69. The third-order valence-electron chi connectivity index (χ3n) is 3.88. The minimum atomic E-state index is -0.0144. The molecule has 4 heteroatoms. The van der Waals surface area contributed by atoms with E-state index in [-0.39, 0.29) is 5.91 Å². The Bertz CT molecular complexity index is 810. The molecule has 0 aliphatic carbocycles. The number of nitrogens with zero attached hydrogens (tertiary/aromatic N) is 1. The average Bonchev–Trinajstić information content (AvgIpc) is 3.09. The average molecular weight is 340 g/mol. The summed E-state index contributed by atoms with van der Waals surface area (Å²) in [6, 6.07) is 18.9. The predicted molar refractivity (Wildman–Crippen MR) is 94.9 cm³/mol. The standard InChI is InChI=1S/C20H18ClNO2/c1-15-5-2-3-7-19(15)20(23)22(14-18-6-4-12-24-18)13-16-8-10-17(21)11-9-16/h2-12H,13-14H2,1H3. The van der Waals surface area contributed by atoms with Crippen molar-refractivity contribution < 1.29 is 9.21 Å². The molecule has 0 spiro atoms. The molecule has 122 valence electrons. The monoisotopic (exact) mass is 339 g/mol. The predicted octanol–water partition coefficient (Wildman–Crippen LogP) is 5.08. The number of furan rings is 1. The first-order valence-corrected chi connectivity index (χ1v) is 8.13. The molecule has 0 aliphatic rings. The van der Waals surface area contributed by atoms with Crippen LogP contribution in [-0.4, -0.2) is 10.8 Å². The van der Waals surface area contributed by atoms with Crippen LogP contribution in [0.5, 0.6) is 0 Å². The fourth-order valence-corrected chi connectivity index (χ4v) is 2.71. The van der Waals surface area contributed by atoms with E-state index in [0.717, 1.165) is 16.9 Å². The smallest absolute Gasteiger partial charge is 0.254 e. The number of benzene rings is 2. The fraction of sp³-hybridized carbons (Fsp3) is 0.150. The van der Waals surface area contributed by atoms with Crippen molar-refractivity contribution in [3.05, 3.63) is 94.4 Å². The molecule has 0 saturated carbocycles. The lowest BCUT2D eigenvalue weighted by Crippen LogP contribution is -2.30. The van der Waals surface area contributed by atoms with Crippen LogP contribution in [0, 0.1) is 6.92 Å². The maximum atomic E-state index is 13.0. The summed E-state index contributed by atoms with van der Waals surface area (Å²) in [5.74, 6) is 0.741. The van der Waals surface area contributed by atoms with Crippen LogP contribution in [0.1, 0.15) is 27.2 Å². The van der Waals surface area contributed by atoms with E-state index in [1.54, 1.807) is 11.2 Å². The molecule has 2 aromatic carbocycles. The second-order valence-corrected chi connectivity index (χ2v) is 6.12. The van der Waals surface area contributed by atoms with E-state index in [9.17, 15) is 4.79 Å². The van der Waals surface area contributed by atoms with E-state index in [1.807, 2.05) is 67.6 Å². The van der Waals surface area contributed by atoms with Gasteiger partial charge in [0.25, 0.3) is 5.91 Å². The van der Waals surface area contributed by atoms with Gasteiger partial charge in [0.15, 0.2) is 0 Å². The largest absolute Gasteiger partial charge is 0.467 e. The van der Waals surface area contributed by atoms with E-state index in [1.165, 1.54) is 0 Å². The van der Waals surface area contributed by atoms with Gasteiger partial charge in [-0.15, -0.1) is 0 Å². The first-order chi connectivity index (χ1) is 11.6. The quantitative estimate of drug-likeness (QED) is 0.649. The second-order valence-electron chi connectivity index (χ2n) is 5.68. The van der Waals surface area contributed by atoms with Crippen LogP contribution in [0.25, 0.3) is 0 Å². The van der Waals surface area contributed by atoms with Crippen LogP contribution >= 0.6 is 11.6 Å². The molecular formula is C20H18ClNO2. The summed E-state index contributed by atoms with van der Waals surface area (Å²) >= 11 is 5.95. The molecule has 0 aliphatic heterocycles. The Hall–Kier alpha value is -2.52. The van der Waals surface area contributed by atoms with Gasteiger partial charge in [-0.2, -0.15) is 0 Å². The first kappa shape index (κ1) is 16.3. The number of carbonyl (C=O) groups excluding carboxylic acids is 1. The number of hydrogen-bond donors (Lipinski definition) is 0. The van der Waals surface area contributed by atoms with Gasteiger partial charge in [0.2, 0.25) is 0 Å². The number of hydrogen-bond acceptors (Lipinski definition) is 2. The lowest BCUT2D eigenvalue weighted by Gasteiger charge is -2.23. The Balaban J connectivity index is 1.87. The Kier molecular flexibility index (Phi) is 5.02. The van der Waals surface area contributed by atoms with Crippen LogP contribution in [0.4, 0.5) is 0 Å². The van der Waals surface area contributed by atoms with Crippen LogP contribution in [0.2, 0.25) is 5.02 Å². The Morgan fingerprint density at radius 1 is 1.00 bits per heavy atom. The highest BCUT2D eigenvalue weighted by Crippen LogP contribution is 2.18. The molecule has 1 aromatic heterocycles. The molecule has 3 aromatic rings. The van der Waals surface area contributed by atoms with E-state index < -0.39 is 0 Å². The summed E-state index contributed by atoms with van der Waals surface area (Å²) in [4.78, 5) is 14.8. The van der Waals surface area contributed by atoms with Crippen molar-refractivity contribution in [3.8, 4) is 0 Å².